The molecular formula is C23H17BrN4O. The number of amides is 1. The molecule has 1 N–H and O–H groups in total. The first kappa shape index (κ1) is 17.8. The van der Waals surface area contributed by atoms with Crippen molar-refractivity contribution in [3.63, 3.8) is 0 Å². The van der Waals surface area contributed by atoms with Crippen LogP contribution in [0.2, 0.25) is 0 Å². The van der Waals surface area contributed by atoms with Crippen molar-refractivity contribution in [1.82, 2.24) is 14.5 Å². The van der Waals surface area contributed by atoms with Crippen molar-refractivity contribution in [1.29, 1.82) is 0 Å². The highest BCUT2D eigenvalue weighted by molar-refractivity contribution is 9.10. The summed E-state index contributed by atoms with van der Waals surface area (Å²) in [4.78, 5) is 22.2. The minimum absolute atomic E-state index is 0.0391. The van der Waals surface area contributed by atoms with Gasteiger partial charge in [-0.15, -0.1) is 0 Å². The van der Waals surface area contributed by atoms with Gasteiger partial charge < -0.3 is 9.88 Å². The second-order valence-electron chi connectivity index (χ2n) is 6.86. The SMILES string of the molecule is O=C(CCn1c2ccccc2c2nc3ccccc3nc21)Nc1cccc(Br)c1. The van der Waals surface area contributed by atoms with Crippen molar-refractivity contribution in [3.05, 3.63) is 77.3 Å². The highest BCUT2D eigenvalue weighted by Gasteiger charge is 2.15. The molecule has 0 aliphatic rings. The van der Waals surface area contributed by atoms with Gasteiger partial charge in [0.05, 0.1) is 16.6 Å². The molecule has 0 bridgehead atoms. The highest BCUT2D eigenvalue weighted by atomic mass is 79.9. The molecule has 5 rings (SSSR count). The van der Waals surface area contributed by atoms with E-state index >= 15 is 0 Å². The smallest absolute Gasteiger partial charge is 0.226 e. The third kappa shape index (κ3) is 3.36. The Labute approximate surface area is 175 Å². The predicted octanol–water partition coefficient (Wildman–Crippen LogP) is 5.53. The van der Waals surface area contributed by atoms with Crippen molar-refractivity contribution in [2.24, 2.45) is 0 Å². The van der Waals surface area contributed by atoms with Crippen molar-refractivity contribution >= 4 is 60.6 Å². The zero-order chi connectivity index (χ0) is 19.8. The van der Waals surface area contributed by atoms with Gasteiger partial charge >= 0.3 is 0 Å². The number of fused-ring (bicyclic) bond motifs is 4. The Hall–Kier alpha value is -3.25. The van der Waals surface area contributed by atoms with Gasteiger partial charge in [-0.05, 0) is 36.4 Å². The summed E-state index contributed by atoms with van der Waals surface area (Å²) in [5.41, 5.74) is 5.20. The van der Waals surface area contributed by atoms with Gasteiger partial charge in [-0.25, -0.2) is 9.97 Å². The Morgan fingerprint density at radius 3 is 2.52 bits per heavy atom. The van der Waals surface area contributed by atoms with Gasteiger partial charge in [0.2, 0.25) is 5.91 Å². The Kier molecular flexibility index (Phi) is 4.48. The minimum atomic E-state index is -0.0391. The van der Waals surface area contributed by atoms with E-state index in [1.165, 1.54) is 0 Å². The maximum atomic E-state index is 12.5. The fraction of sp³-hybridized carbons (Fsp3) is 0.0870. The number of carbonyl (C=O) groups excluding carboxylic acids is 1. The number of para-hydroxylation sites is 3. The van der Waals surface area contributed by atoms with Crippen LogP contribution in [0.1, 0.15) is 6.42 Å². The fourth-order valence-corrected chi connectivity index (χ4v) is 4.01. The monoisotopic (exact) mass is 444 g/mol. The van der Waals surface area contributed by atoms with E-state index in [1.807, 2.05) is 60.7 Å². The van der Waals surface area contributed by atoms with Crippen molar-refractivity contribution in [2.45, 2.75) is 13.0 Å². The Balaban J connectivity index is 1.51. The number of nitrogens with one attached hydrogen (secondary N) is 1. The van der Waals surface area contributed by atoms with Gasteiger partial charge in [-0.2, -0.15) is 0 Å². The molecule has 0 saturated carbocycles. The molecule has 0 radical (unpaired) electrons. The van der Waals surface area contributed by atoms with Gasteiger partial charge in [0.1, 0.15) is 5.52 Å². The maximum Gasteiger partial charge on any atom is 0.226 e. The minimum Gasteiger partial charge on any atom is -0.326 e. The summed E-state index contributed by atoms with van der Waals surface area (Å²) in [6.07, 6.45) is 0.342. The average Bonchev–Trinajstić information content (AvgIpc) is 3.03. The van der Waals surface area contributed by atoms with Gasteiger partial charge in [0.25, 0.3) is 0 Å². The van der Waals surface area contributed by atoms with Crippen LogP contribution >= 0.6 is 15.9 Å². The maximum absolute atomic E-state index is 12.5. The molecule has 0 aliphatic heterocycles. The van der Waals surface area contributed by atoms with Crippen LogP contribution in [0.5, 0.6) is 0 Å². The van der Waals surface area contributed by atoms with E-state index in [1.54, 1.807) is 0 Å². The summed E-state index contributed by atoms with van der Waals surface area (Å²) in [5, 5.41) is 4.00. The number of aromatic nitrogens is 3. The summed E-state index contributed by atoms with van der Waals surface area (Å²) in [7, 11) is 0. The van der Waals surface area contributed by atoms with Crippen LogP contribution in [0, 0.1) is 0 Å². The lowest BCUT2D eigenvalue weighted by Crippen LogP contribution is -2.14. The van der Waals surface area contributed by atoms with E-state index in [9.17, 15) is 4.79 Å². The summed E-state index contributed by atoms with van der Waals surface area (Å²) in [6, 6.07) is 23.6. The predicted molar refractivity (Wildman–Crippen MR) is 120 cm³/mol. The van der Waals surface area contributed by atoms with E-state index < -0.39 is 0 Å². The number of rotatable bonds is 4. The molecule has 0 spiro atoms. The second-order valence-corrected chi connectivity index (χ2v) is 7.78. The quantitative estimate of drug-likeness (QED) is 0.396. The average molecular weight is 445 g/mol. The molecule has 0 aliphatic carbocycles. The van der Waals surface area contributed by atoms with Crippen LogP contribution < -0.4 is 5.32 Å². The van der Waals surface area contributed by atoms with E-state index in [0.29, 0.717) is 13.0 Å². The molecule has 3 aromatic carbocycles. The number of halogens is 1. The number of carbonyl (C=O) groups is 1. The largest absolute Gasteiger partial charge is 0.326 e. The molecule has 0 atom stereocenters. The second kappa shape index (κ2) is 7.29. The molecule has 0 unspecified atom stereocenters. The number of aryl methyl sites for hydroxylation is 1. The topological polar surface area (TPSA) is 59.8 Å². The number of nitrogens with zero attached hydrogens (tertiary/aromatic N) is 3. The summed E-state index contributed by atoms with van der Waals surface area (Å²) in [6.45, 7) is 0.525. The first-order chi connectivity index (χ1) is 14.2. The Morgan fingerprint density at radius 2 is 1.69 bits per heavy atom. The zero-order valence-electron chi connectivity index (χ0n) is 15.5. The van der Waals surface area contributed by atoms with Crippen LogP contribution in [-0.2, 0) is 11.3 Å². The molecule has 6 heteroatoms. The first-order valence-electron chi connectivity index (χ1n) is 9.38. The van der Waals surface area contributed by atoms with Gasteiger partial charge in [-0.3, -0.25) is 4.79 Å². The van der Waals surface area contributed by atoms with Crippen molar-refractivity contribution in [3.8, 4) is 0 Å². The molecule has 1 amide bonds. The molecule has 29 heavy (non-hydrogen) atoms. The molecule has 142 valence electrons. The number of hydrogen-bond acceptors (Lipinski definition) is 3. The standard InChI is InChI=1S/C23H17BrN4O/c24-15-6-5-7-16(14-15)25-21(29)12-13-28-20-11-4-1-8-17(20)22-23(28)27-19-10-3-2-9-18(19)26-22/h1-11,14H,12-13H2,(H,25,29). The third-order valence-corrected chi connectivity index (χ3v) is 5.42. The number of benzene rings is 3. The molecular weight excluding hydrogens is 428 g/mol. The van der Waals surface area contributed by atoms with Gasteiger partial charge in [0.15, 0.2) is 5.65 Å². The lowest BCUT2D eigenvalue weighted by Gasteiger charge is -2.08. The summed E-state index contributed by atoms with van der Waals surface area (Å²) in [5.74, 6) is -0.0391. The zero-order valence-corrected chi connectivity index (χ0v) is 17.1. The molecule has 2 heterocycles. The van der Waals surface area contributed by atoms with E-state index in [0.717, 1.165) is 43.3 Å². The lowest BCUT2D eigenvalue weighted by molar-refractivity contribution is -0.116. The highest BCUT2D eigenvalue weighted by Crippen LogP contribution is 2.28. The van der Waals surface area contributed by atoms with E-state index in [-0.39, 0.29) is 5.91 Å². The van der Waals surface area contributed by atoms with Crippen LogP contribution in [0.3, 0.4) is 0 Å². The normalized spacial score (nSPS) is 11.3. The van der Waals surface area contributed by atoms with Crippen LogP contribution in [0.4, 0.5) is 5.69 Å². The van der Waals surface area contributed by atoms with Gasteiger partial charge in [-0.1, -0.05) is 52.3 Å². The molecule has 5 nitrogen and oxygen atoms in total. The van der Waals surface area contributed by atoms with Crippen LogP contribution in [-0.4, -0.2) is 20.4 Å². The summed E-state index contributed by atoms with van der Waals surface area (Å²) >= 11 is 3.43. The van der Waals surface area contributed by atoms with Crippen LogP contribution in [0.15, 0.2) is 77.3 Å². The molecule has 2 aromatic heterocycles. The van der Waals surface area contributed by atoms with Crippen LogP contribution in [0.25, 0.3) is 33.1 Å². The van der Waals surface area contributed by atoms with E-state index in [2.05, 4.69) is 37.9 Å². The Morgan fingerprint density at radius 1 is 0.931 bits per heavy atom. The molecule has 0 saturated heterocycles. The number of anilines is 1. The first-order valence-corrected chi connectivity index (χ1v) is 10.2. The van der Waals surface area contributed by atoms with Crippen molar-refractivity contribution in [2.75, 3.05) is 5.32 Å². The van der Waals surface area contributed by atoms with E-state index in [4.69, 9.17) is 9.97 Å². The molecule has 0 fully saturated rings. The third-order valence-electron chi connectivity index (χ3n) is 4.93. The molecule has 5 aromatic rings. The fourth-order valence-electron chi connectivity index (χ4n) is 3.61. The summed E-state index contributed by atoms with van der Waals surface area (Å²) < 4.78 is 3.02. The van der Waals surface area contributed by atoms with Crippen molar-refractivity contribution < 1.29 is 4.79 Å². The number of hydrogen-bond donors (Lipinski definition) is 1. The Bertz CT molecular complexity index is 1380. The lowest BCUT2D eigenvalue weighted by atomic mass is 10.2. The van der Waals surface area contributed by atoms with Gasteiger partial charge in [0, 0.05) is 28.5 Å².